The molecule has 0 rings (SSSR count). The van der Waals surface area contributed by atoms with Gasteiger partial charge in [0.25, 0.3) is 0 Å². The van der Waals surface area contributed by atoms with Crippen molar-refractivity contribution in [2.75, 3.05) is 35.5 Å². The van der Waals surface area contributed by atoms with Crippen molar-refractivity contribution < 1.29 is 23.7 Å². The summed E-state index contributed by atoms with van der Waals surface area (Å²) in [6.45, 7) is 3.41. The van der Waals surface area contributed by atoms with Gasteiger partial charge in [-0.3, -0.25) is 4.79 Å². The third-order valence-corrected chi connectivity index (χ3v) is 2.09. The molecule has 6 heteroatoms. The van der Waals surface area contributed by atoms with Gasteiger partial charge < -0.3 is 24.3 Å². The summed E-state index contributed by atoms with van der Waals surface area (Å²) in [6.07, 6.45) is -0.829. The Hall–Kier alpha value is -0.530. The summed E-state index contributed by atoms with van der Waals surface area (Å²) in [4.78, 5) is 10.4. The first-order chi connectivity index (χ1) is 7.98. The van der Waals surface area contributed by atoms with E-state index < -0.39 is 6.29 Å². The summed E-state index contributed by atoms with van der Waals surface area (Å²) in [6, 6.07) is 0.236. The van der Waals surface area contributed by atoms with Crippen LogP contribution < -0.4 is 5.32 Å². The molecule has 17 heavy (non-hydrogen) atoms. The van der Waals surface area contributed by atoms with E-state index in [1.807, 2.05) is 14.0 Å². The van der Waals surface area contributed by atoms with Crippen molar-refractivity contribution in [3.63, 3.8) is 0 Å². The van der Waals surface area contributed by atoms with Crippen molar-refractivity contribution in [2.24, 2.45) is 0 Å². The quantitative estimate of drug-likeness (QED) is 0.661. The van der Waals surface area contributed by atoms with Crippen LogP contribution in [0, 0.1) is 0 Å². The SMILES string of the molecule is CNC(C)C(OC)OC.COC(OC)C(C)=O. The van der Waals surface area contributed by atoms with Gasteiger partial charge in [0.05, 0.1) is 6.04 Å². The Bertz CT molecular complexity index is 181. The van der Waals surface area contributed by atoms with Crippen LogP contribution in [0.1, 0.15) is 13.8 Å². The summed E-state index contributed by atoms with van der Waals surface area (Å²) in [5.41, 5.74) is 0. The second kappa shape index (κ2) is 11.9. The van der Waals surface area contributed by atoms with E-state index in [2.05, 4.69) is 14.8 Å². The van der Waals surface area contributed by atoms with E-state index >= 15 is 0 Å². The van der Waals surface area contributed by atoms with E-state index in [4.69, 9.17) is 9.47 Å². The normalized spacial score (nSPS) is 12.3. The van der Waals surface area contributed by atoms with Crippen LogP contribution in [0.2, 0.25) is 0 Å². The number of likely N-dealkylation sites (N-methyl/N-ethyl adjacent to an activating group) is 1. The van der Waals surface area contributed by atoms with E-state index in [1.165, 1.54) is 21.1 Å². The van der Waals surface area contributed by atoms with Crippen LogP contribution in [-0.2, 0) is 23.7 Å². The Morgan fingerprint density at radius 2 is 1.41 bits per heavy atom. The molecule has 104 valence electrons. The van der Waals surface area contributed by atoms with Gasteiger partial charge in [-0.25, -0.2) is 0 Å². The highest BCUT2D eigenvalue weighted by Crippen LogP contribution is 1.96. The monoisotopic (exact) mass is 251 g/mol. The van der Waals surface area contributed by atoms with Crippen LogP contribution >= 0.6 is 0 Å². The highest BCUT2D eigenvalue weighted by molar-refractivity contribution is 5.78. The molecule has 0 aliphatic rings. The molecule has 0 aromatic heterocycles. The molecule has 0 spiro atoms. The number of carbonyl (C=O) groups excluding carboxylic acids is 1. The van der Waals surface area contributed by atoms with Crippen molar-refractivity contribution in [3.8, 4) is 0 Å². The molecule has 0 aliphatic carbocycles. The van der Waals surface area contributed by atoms with Crippen LogP contribution in [-0.4, -0.2) is 59.9 Å². The molecule has 0 fully saturated rings. The highest BCUT2D eigenvalue weighted by Gasteiger charge is 2.11. The van der Waals surface area contributed by atoms with Crippen molar-refractivity contribution in [2.45, 2.75) is 32.5 Å². The van der Waals surface area contributed by atoms with Crippen LogP contribution in [0.15, 0.2) is 0 Å². The van der Waals surface area contributed by atoms with Crippen LogP contribution in [0.25, 0.3) is 0 Å². The van der Waals surface area contributed by atoms with Gasteiger partial charge >= 0.3 is 0 Å². The molecule has 1 atom stereocenters. The molecule has 0 radical (unpaired) electrons. The largest absolute Gasteiger partial charge is 0.354 e. The van der Waals surface area contributed by atoms with E-state index in [9.17, 15) is 4.79 Å². The van der Waals surface area contributed by atoms with Gasteiger partial charge in [0.1, 0.15) is 0 Å². The van der Waals surface area contributed by atoms with Crippen molar-refractivity contribution in [1.82, 2.24) is 5.32 Å². The molecule has 0 saturated carbocycles. The molecular formula is C11H25NO5. The summed E-state index contributed by atoms with van der Waals surface area (Å²) >= 11 is 0. The summed E-state index contributed by atoms with van der Waals surface area (Å²) < 4.78 is 19.1. The van der Waals surface area contributed by atoms with Gasteiger partial charge in [0.15, 0.2) is 12.1 Å². The van der Waals surface area contributed by atoms with Gasteiger partial charge in [-0.1, -0.05) is 0 Å². The van der Waals surface area contributed by atoms with Crippen molar-refractivity contribution in [1.29, 1.82) is 0 Å². The van der Waals surface area contributed by atoms with Gasteiger partial charge in [-0.05, 0) is 20.9 Å². The van der Waals surface area contributed by atoms with Crippen LogP contribution in [0.3, 0.4) is 0 Å². The fourth-order valence-electron chi connectivity index (χ4n) is 1.07. The fraction of sp³-hybridized carbons (Fsp3) is 0.909. The number of carbonyl (C=O) groups is 1. The zero-order valence-corrected chi connectivity index (χ0v) is 11.8. The average Bonchev–Trinajstić information content (AvgIpc) is 2.32. The number of hydrogen-bond donors (Lipinski definition) is 1. The number of methoxy groups -OCH3 is 4. The fourth-order valence-corrected chi connectivity index (χ4v) is 1.07. The first kappa shape index (κ1) is 18.8. The molecule has 0 aromatic rings. The predicted octanol–water partition coefficient (Wildman–Crippen LogP) is 0.407. The standard InChI is InChI=1S/C6H15NO2.C5H10O3/c1-5(7-2)6(8-3)9-4;1-4(6)5(7-2)8-3/h5-7H,1-4H3;5H,1-3H3. The molecule has 0 bridgehead atoms. The van der Waals surface area contributed by atoms with E-state index in [-0.39, 0.29) is 18.1 Å². The number of Topliss-reactive ketones (excluding diaryl/α,β-unsaturated/α-hetero) is 1. The number of rotatable bonds is 7. The summed E-state index contributed by atoms with van der Waals surface area (Å²) in [7, 11) is 7.98. The minimum atomic E-state index is -0.685. The lowest BCUT2D eigenvalue weighted by Gasteiger charge is -2.19. The minimum Gasteiger partial charge on any atom is -0.354 e. The van der Waals surface area contributed by atoms with Gasteiger partial charge in [-0.2, -0.15) is 0 Å². The smallest absolute Gasteiger partial charge is 0.216 e. The van der Waals surface area contributed by atoms with Crippen LogP contribution in [0.4, 0.5) is 0 Å². The highest BCUT2D eigenvalue weighted by atomic mass is 16.7. The molecule has 0 aromatic carbocycles. The number of hydrogen-bond acceptors (Lipinski definition) is 6. The third-order valence-electron chi connectivity index (χ3n) is 2.09. The van der Waals surface area contributed by atoms with Gasteiger partial charge in [0, 0.05) is 28.4 Å². The Kier molecular flexibility index (Phi) is 13.2. The molecule has 6 nitrogen and oxygen atoms in total. The maximum Gasteiger partial charge on any atom is 0.216 e. The van der Waals surface area contributed by atoms with Crippen LogP contribution in [0.5, 0.6) is 0 Å². The number of ether oxygens (including phenoxy) is 4. The lowest BCUT2D eigenvalue weighted by Crippen LogP contribution is -2.37. The molecule has 0 aliphatic heterocycles. The first-order valence-electron chi connectivity index (χ1n) is 5.27. The Morgan fingerprint density at radius 3 is 1.47 bits per heavy atom. The lowest BCUT2D eigenvalue weighted by molar-refractivity contribution is -0.154. The number of nitrogens with one attached hydrogen (secondary N) is 1. The average molecular weight is 251 g/mol. The molecule has 0 saturated heterocycles. The first-order valence-corrected chi connectivity index (χ1v) is 5.27. The predicted molar refractivity (Wildman–Crippen MR) is 64.8 cm³/mol. The molecule has 1 unspecified atom stereocenters. The topological polar surface area (TPSA) is 66.0 Å². The Balaban J connectivity index is 0. The van der Waals surface area contributed by atoms with E-state index in [0.717, 1.165) is 0 Å². The van der Waals surface area contributed by atoms with Crippen molar-refractivity contribution in [3.05, 3.63) is 0 Å². The molecule has 1 N–H and O–H groups in total. The summed E-state index contributed by atoms with van der Waals surface area (Å²) in [5, 5.41) is 3.02. The third kappa shape index (κ3) is 9.20. The van der Waals surface area contributed by atoms with Gasteiger partial charge in [0.2, 0.25) is 6.29 Å². The maximum atomic E-state index is 10.4. The molecule has 0 amide bonds. The van der Waals surface area contributed by atoms with Crippen molar-refractivity contribution >= 4 is 5.78 Å². The zero-order valence-electron chi connectivity index (χ0n) is 11.8. The molecule has 0 heterocycles. The molecular weight excluding hydrogens is 226 g/mol. The maximum absolute atomic E-state index is 10.4. The van der Waals surface area contributed by atoms with Gasteiger partial charge in [-0.15, -0.1) is 0 Å². The van der Waals surface area contributed by atoms with E-state index in [1.54, 1.807) is 14.2 Å². The number of ketones is 1. The second-order valence-electron chi connectivity index (χ2n) is 3.33. The minimum absolute atomic E-state index is 0.116. The lowest BCUT2D eigenvalue weighted by atomic mass is 10.3. The Morgan fingerprint density at radius 1 is 1.00 bits per heavy atom. The second-order valence-corrected chi connectivity index (χ2v) is 3.33. The zero-order chi connectivity index (χ0) is 13.8. The summed E-state index contributed by atoms with van der Waals surface area (Å²) in [5.74, 6) is -0.116. The Labute approximate surface area is 104 Å². The van der Waals surface area contributed by atoms with E-state index in [0.29, 0.717) is 0 Å².